The summed E-state index contributed by atoms with van der Waals surface area (Å²) in [4.78, 5) is 12.8. The Balaban J connectivity index is 2.73. The van der Waals surface area contributed by atoms with Crippen LogP contribution < -0.4 is 5.69 Å². The van der Waals surface area contributed by atoms with Gasteiger partial charge in [0.05, 0.1) is 0 Å². The van der Waals surface area contributed by atoms with E-state index < -0.39 is 0 Å². The molecule has 2 N–H and O–H groups in total. The van der Waals surface area contributed by atoms with Crippen LogP contribution in [-0.2, 0) is 0 Å². The number of thiol groups is 1. The minimum absolute atomic E-state index is 0.292. The van der Waals surface area contributed by atoms with Crippen LogP contribution in [0.3, 0.4) is 0 Å². The summed E-state index contributed by atoms with van der Waals surface area (Å²) in [5, 5.41) is 6.37. The summed E-state index contributed by atoms with van der Waals surface area (Å²) in [5.41, 5.74) is -0.292. The molecule has 1 aromatic heterocycles. The molecular weight excluding hydrogens is 178 g/mol. The van der Waals surface area contributed by atoms with E-state index in [0.717, 1.165) is 0 Å². The van der Waals surface area contributed by atoms with Crippen molar-refractivity contribution >= 4 is 32.3 Å². The molecule has 4 nitrogen and oxygen atoms in total. The Morgan fingerprint density at radius 2 is 2.44 bits per heavy atom. The molecule has 7 heteroatoms. The Hall–Kier alpha value is -0.0100. The van der Waals surface area contributed by atoms with E-state index in [0.29, 0.717) is 5.16 Å². The van der Waals surface area contributed by atoms with Gasteiger partial charge in [0.25, 0.3) is 0 Å². The second kappa shape index (κ2) is 3.23. The zero-order valence-corrected chi connectivity index (χ0v) is 6.65. The van der Waals surface area contributed by atoms with Gasteiger partial charge in [-0.3, -0.25) is 4.98 Å². The topological polar surface area (TPSA) is 61.5 Å². The lowest BCUT2D eigenvalue weighted by Gasteiger charge is -1.81. The van der Waals surface area contributed by atoms with E-state index in [-0.39, 0.29) is 5.69 Å². The first-order valence-corrected chi connectivity index (χ1v) is 5.16. The molecule has 0 aliphatic carbocycles. The summed E-state index contributed by atoms with van der Waals surface area (Å²) in [6.45, 7) is 0. The van der Waals surface area contributed by atoms with Crippen LogP contribution in [0.15, 0.2) is 9.95 Å². The van der Waals surface area contributed by atoms with Crippen molar-refractivity contribution in [2.24, 2.45) is 0 Å². The molecule has 0 fully saturated rings. The lowest BCUT2D eigenvalue weighted by atomic mass is 11.3. The molecule has 0 aliphatic heterocycles. The zero-order valence-electron chi connectivity index (χ0n) is 4.12. The molecule has 9 heavy (non-hydrogen) atoms. The van der Waals surface area contributed by atoms with Gasteiger partial charge in [-0.25, -0.2) is 9.89 Å². The van der Waals surface area contributed by atoms with Crippen LogP contribution in [-0.4, -0.2) is 15.2 Å². The SMILES string of the molecule is O=c1[nH]nc(SSS)[nH]1. The molecule has 50 valence electrons. The van der Waals surface area contributed by atoms with Crippen molar-refractivity contribution in [2.45, 2.75) is 5.16 Å². The van der Waals surface area contributed by atoms with E-state index >= 15 is 0 Å². The summed E-state index contributed by atoms with van der Waals surface area (Å²) in [6, 6.07) is 0. The minimum atomic E-state index is -0.292. The molecular formula is C2H3N3OS3. The lowest BCUT2D eigenvalue weighted by Crippen LogP contribution is -2.00. The van der Waals surface area contributed by atoms with Crippen molar-refractivity contribution < 1.29 is 0 Å². The number of nitrogens with one attached hydrogen (secondary N) is 2. The lowest BCUT2D eigenvalue weighted by molar-refractivity contribution is 0.975. The zero-order chi connectivity index (χ0) is 6.69. The number of aromatic nitrogens is 3. The van der Waals surface area contributed by atoms with Crippen molar-refractivity contribution in [1.29, 1.82) is 0 Å². The summed E-state index contributed by atoms with van der Waals surface area (Å²) < 4.78 is 0. The monoisotopic (exact) mass is 181 g/mol. The second-order valence-electron chi connectivity index (χ2n) is 1.14. The van der Waals surface area contributed by atoms with Crippen LogP contribution in [0.5, 0.6) is 0 Å². The van der Waals surface area contributed by atoms with Crippen molar-refractivity contribution in [2.75, 3.05) is 0 Å². The number of rotatable bonds is 2. The maximum Gasteiger partial charge on any atom is 0.341 e. The fourth-order valence-electron chi connectivity index (χ4n) is 0.329. The standard InChI is InChI=1S/C2H3N3OS3/c6-1-3-2(5-4-1)8-9-7/h7H,(H2,3,4,5,6). The first-order valence-electron chi connectivity index (χ1n) is 1.95. The third-order valence-corrected chi connectivity index (χ3v) is 2.39. The molecule has 0 saturated carbocycles. The maximum atomic E-state index is 10.3. The highest BCUT2D eigenvalue weighted by Gasteiger charge is 1.94. The Morgan fingerprint density at radius 3 is 2.89 bits per heavy atom. The van der Waals surface area contributed by atoms with E-state index in [4.69, 9.17) is 0 Å². The predicted octanol–water partition coefficient (Wildman–Crippen LogP) is 0.683. The first-order chi connectivity index (χ1) is 4.33. The predicted molar refractivity (Wildman–Crippen MR) is 41.6 cm³/mol. The van der Waals surface area contributed by atoms with Gasteiger partial charge in [0, 0.05) is 0 Å². The molecule has 0 aromatic carbocycles. The second-order valence-corrected chi connectivity index (χ2v) is 4.13. The smallest absolute Gasteiger partial charge is 0.283 e. The fraction of sp³-hybridized carbons (Fsp3) is 0. The molecule has 0 radical (unpaired) electrons. The Kier molecular flexibility index (Phi) is 2.55. The van der Waals surface area contributed by atoms with E-state index in [1.165, 1.54) is 20.6 Å². The van der Waals surface area contributed by atoms with Gasteiger partial charge in [-0.05, 0) is 20.6 Å². The minimum Gasteiger partial charge on any atom is -0.283 e. The van der Waals surface area contributed by atoms with Gasteiger partial charge in [-0.2, -0.15) is 0 Å². The van der Waals surface area contributed by atoms with E-state index in [1.54, 1.807) is 0 Å². The molecule has 0 bridgehead atoms. The fourth-order valence-corrected chi connectivity index (χ4v) is 1.70. The number of hydrogen-bond acceptors (Lipinski definition) is 5. The van der Waals surface area contributed by atoms with Crippen molar-refractivity contribution in [3.8, 4) is 0 Å². The first kappa shape index (κ1) is 7.10. The Bertz CT molecular complexity index is 229. The number of hydrogen-bond donors (Lipinski definition) is 3. The normalized spacial score (nSPS) is 9.89. The third kappa shape index (κ3) is 1.99. The molecule has 1 aromatic rings. The van der Waals surface area contributed by atoms with Crippen molar-refractivity contribution in [3.05, 3.63) is 10.5 Å². The molecule has 0 amide bonds. The Morgan fingerprint density at radius 1 is 1.67 bits per heavy atom. The highest BCUT2D eigenvalue weighted by molar-refractivity contribution is 9.05. The van der Waals surface area contributed by atoms with Gasteiger partial charge in [0.1, 0.15) is 0 Å². The van der Waals surface area contributed by atoms with Gasteiger partial charge in [0.2, 0.25) is 0 Å². The number of aromatic amines is 2. The Labute approximate surface area is 63.4 Å². The number of nitrogens with zero attached hydrogens (tertiary/aromatic N) is 1. The largest absolute Gasteiger partial charge is 0.341 e. The van der Waals surface area contributed by atoms with Gasteiger partial charge >= 0.3 is 5.69 Å². The van der Waals surface area contributed by atoms with Gasteiger partial charge < -0.3 is 0 Å². The molecule has 0 aliphatic rings. The van der Waals surface area contributed by atoms with Crippen LogP contribution >= 0.6 is 32.3 Å². The molecule has 0 atom stereocenters. The summed E-state index contributed by atoms with van der Waals surface area (Å²) in [7, 11) is 2.51. The quantitative estimate of drug-likeness (QED) is 0.464. The van der Waals surface area contributed by atoms with Crippen LogP contribution in [0.25, 0.3) is 0 Å². The molecule has 0 saturated heterocycles. The van der Waals surface area contributed by atoms with Gasteiger partial charge in [0.15, 0.2) is 5.16 Å². The highest BCUT2D eigenvalue weighted by atomic mass is 33.5. The summed E-state index contributed by atoms with van der Waals surface area (Å²) in [6.07, 6.45) is 0. The maximum absolute atomic E-state index is 10.3. The van der Waals surface area contributed by atoms with Gasteiger partial charge in [-0.15, -0.1) is 5.10 Å². The molecule has 0 spiro atoms. The average Bonchev–Trinajstić information content (AvgIpc) is 2.17. The van der Waals surface area contributed by atoms with Crippen LogP contribution in [0.2, 0.25) is 0 Å². The third-order valence-electron chi connectivity index (χ3n) is 0.596. The average molecular weight is 181 g/mol. The van der Waals surface area contributed by atoms with E-state index in [9.17, 15) is 4.79 Å². The molecule has 1 rings (SSSR count). The van der Waals surface area contributed by atoms with E-state index in [1.807, 2.05) is 0 Å². The van der Waals surface area contributed by atoms with Crippen molar-refractivity contribution in [3.63, 3.8) is 0 Å². The van der Waals surface area contributed by atoms with Crippen LogP contribution in [0.1, 0.15) is 0 Å². The van der Waals surface area contributed by atoms with Gasteiger partial charge in [-0.1, -0.05) is 11.7 Å². The molecule has 1 heterocycles. The number of H-pyrrole nitrogens is 2. The van der Waals surface area contributed by atoms with Crippen LogP contribution in [0, 0.1) is 0 Å². The molecule has 0 unspecified atom stereocenters. The van der Waals surface area contributed by atoms with Crippen molar-refractivity contribution in [1.82, 2.24) is 15.2 Å². The summed E-state index contributed by atoms with van der Waals surface area (Å²) >= 11 is 3.84. The summed E-state index contributed by atoms with van der Waals surface area (Å²) in [5.74, 6) is 0. The van der Waals surface area contributed by atoms with E-state index in [2.05, 4.69) is 26.8 Å². The highest BCUT2D eigenvalue weighted by Crippen LogP contribution is 2.29. The van der Waals surface area contributed by atoms with Crippen LogP contribution in [0.4, 0.5) is 0 Å².